The van der Waals surface area contributed by atoms with Crippen molar-refractivity contribution in [3.63, 3.8) is 0 Å². The van der Waals surface area contributed by atoms with Gasteiger partial charge in [-0.25, -0.2) is 4.79 Å². The number of likely N-dealkylation sites (tertiary alicyclic amines) is 1. The first kappa shape index (κ1) is 14.8. The molecule has 1 saturated heterocycles. The molecule has 2 amide bonds. The standard InChI is InChI=1S/C12H23N3O3/c1-3-6-15(9-11(16)17)12(18)13-8-10-5-4-7-14(10)2/h10H,3-9H2,1-2H3,(H,13,18)(H,16,17). The van der Waals surface area contributed by atoms with E-state index in [0.717, 1.165) is 25.8 Å². The summed E-state index contributed by atoms with van der Waals surface area (Å²) < 4.78 is 0. The number of carboxylic acid groups (broad SMARTS) is 1. The van der Waals surface area contributed by atoms with Gasteiger partial charge in [-0.3, -0.25) is 4.79 Å². The Morgan fingerprint density at radius 3 is 2.72 bits per heavy atom. The minimum Gasteiger partial charge on any atom is -0.480 e. The summed E-state index contributed by atoms with van der Waals surface area (Å²) in [5.74, 6) is -0.975. The molecule has 0 aromatic heterocycles. The molecule has 6 heteroatoms. The predicted octanol–water partition coefficient (Wildman–Crippen LogP) is 0.587. The second-order valence-corrected chi connectivity index (χ2v) is 4.78. The highest BCUT2D eigenvalue weighted by atomic mass is 16.4. The van der Waals surface area contributed by atoms with Crippen LogP contribution >= 0.6 is 0 Å². The van der Waals surface area contributed by atoms with E-state index in [2.05, 4.69) is 10.2 Å². The summed E-state index contributed by atoms with van der Waals surface area (Å²) in [7, 11) is 2.05. The fourth-order valence-electron chi connectivity index (χ4n) is 2.24. The average molecular weight is 257 g/mol. The number of hydrogen-bond acceptors (Lipinski definition) is 3. The van der Waals surface area contributed by atoms with Crippen LogP contribution in [-0.4, -0.2) is 66.2 Å². The van der Waals surface area contributed by atoms with E-state index in [1.165, 1.54) is 4.90 Å². The van der Waals surface area contributed by atoms with Crippen molar-refractivity contribution in [3.05, 3.63) is 0 Å². The Hall–Kier alpha value is -1.30. The molecule has 1 heterocycles. The van der Waals surface area contributed by atoms with Gasteiger partial charge in [0.15, 0.2) is 0 Å². The number of carbonyl (C=O) groups excluding carboxylic acids is 1. The van der Waals surface area contributed by atoms with E-state index in [1.807, 2.05) is 14.0 Å². The molecule has 1 rings (SSSR count). The summed E-state index contributed by atoms with van der Waals surface area (Å²) in [4.78, 5) is 26.1. The first-order chi connectivity index (χ1) is 8.54. The summed E-state index contributed by atoms with van der Waals surface area (Å²) in [6, 6.07) is 0.0989. The first-order valence-electron chi connectivity index (χ1n) is 6.49. The molecule has 0 aromatic rings. The third kappa shape index (κ3) is 4.52. The predicted molar refractivity (Wildman–Crippen MR) is 68.6 cm³/mol. The Kier molecular flexibility index (Phi) is 5.91. The summed E-state index contributed by atoms with van der Waals surface area (Å²) in [6.45, 7) is 3.81. The van der Waals surface area contributed by atoms with Crippen LogP contribution in [0.3, 0.4) is 0 Å². The molecular weight excluding hydrogens is 234 g/mol. The Labute approximate surface area is 108 Å². The second kappa shape index (κ2) is 7.20. The van der Waals surface area contributed by atoms with Gasteiger partial charge >= 0.3 is 12.0 Å². The maximum absolute atomic E-state index is 11.9. The zero-order valence-electron chi connectivity index (χ0n) is 11.2. The molecule has 1 atom stereocenters. The van der Waals surface area contributed by atoms with Crippen LogP contribution in [0.5, 0.6) is 0 Å². The molecule has 0 aliphatic carbocycles. The van der Waals surface area contributed by atoms with E-state index in [9.17, 15) is 9.59 Å². The second-order valence-electron chi connectivity index (χ2n) is 4.78. The van der Waals surface area contributed by atoms with Crippen molar-refractivity contribution in [1.29, 1.82) is 0 Å². The van der Waals surface area contributed by atoms with Crippen molar-refractivity contribution in [3.8, 4) is 0 Å². The van der Waals surface area contributed by atoms with Crippen molar-refractivity contribution in [2.45, 2.75) is 32.2 Å². The number of urea groups is 1. The summed E-state index contributed by atoms with van der Waals surface area (Å²) in [5.41, 5.74) is 0. The fourth-order valence-corrected chi connectivity index (χ4v) is 2.24. The minimum atomic E-state index is -0.975. The van der Waals surface area contributed by atoms with Gasteiger partial charge < -0.3 is 20.2 Å². The van der Waals surface area contributed by atoms with E-state index < -0.39 is 5.97 Å². The molecule has 2 N–H and O–H groups in total. The lowest BCUT2D eigenvalue weighted by Crippen LogP contribution is -2.46. The Balaban J connectivity index is 2.38. The molecule has 0 radical (unpaired) electrons. The zero-order chi connectivity index (χ0) is 13.5. The van der Waals surface area contributed by atoms with Gasteiger partial charge in [-0.2, -0.15) is 0 Å². The fraction of sp³-hybridized carbons (Fsp3) is 0.833. The molecule has 1 unspecified atom stereocenters. The van der Waals surface area contributed by atoms with E-state index in [-0.39, 0.29) is 12.6 Å². The minimum absolute atomic E-state index is 0.236. The van der Waals surface area contributed by atoms with Gasteiger partial charge in [-0.05, 0) is 32.9 Å². The molecule has 1 aliphatic heterocycles. The van der Waals surface area contributed by atoms with Crippen LogP contribution in [0, 0.1) is 0 Å². The van der Waals surface area contributed by atoms with Crippen molar-refractivity contribution >= 4 is 12.0 Å². The highest BCUT2D eigenvalue weighted by molar-refractivity contribution is 5.80. The third-order valence-corrected chi connectivity index (χ3v) is 3.27. The summed E-state index contributed by atoms with van der Waals surface area (Å²) in [6.07, 6.45) is 3.00. The normalized spacial score (nSPS) is 19.8. The number of carboxylic acids is 1. The lowest BCUT2D eigenvalue weighted by Gasteiger charge is -2.24. The number of amides is 2. The molecule has 0 bridgehead atoms. The first-order valence-corrected chi connectivity index (χ1v) is 6.49. The SMILES string of the molecule is CCCN(CC(=O)O)C(=O)NCC1CCCN1C. The number of nitrogens with one attached hydrogen (secondary N) is 1. The van der Waals surface area contributed by atoms with Gasteiger partial charge in [0.1, 0.15) is 6.54 Å². The van der Waals surface area contributed by atoms with Crippen LogP contribution in [0.25, 0.3) is 0 Å². The molecule has 0 aromatic carbocycles. The Morgan fingerprint density at radius 1 is 1.50 bits per heavy atom. The molecule has 104 valence electrons. The molecule has 1 aliphatic rings. The molecular formula is C12H23N3O3. The monoisotopic (exact) mass is 257 g/mol. The Morgan fingerprint density at radius 2 is 2.22 bits per heavy atom. The number of carbonyl (C=O) groups is 2. The van der Waals surface area contributed by atoms with Crippen LogP contribution in [0.4, 0.5) is 4.79 Å². The van der Waals surface area contributed by atoms with Crippen LogP contribution in [0.1, 0.15) is 26.2 Å². The number of nitrogens with zero attached hydrogens (tertiary/aromatic N) is 2. The molecule has 18 heavy (non-hydrogen) atoms. The van der Waals surface area contributed by atoms with Crippen molar-refractivity contribution in [2.75, 3.05) is 33.2 Å². The van der Waals surface area contributed by atoms with Crippen LogP contribution in [0.2, 0.25) is 0 Å². The lowest BCUT2D eigenvalue weighted by molar-refractivity contribution is -0.137. The third-order valence-electron chi connectivity index (χ3n) is 3.27. The van der Waals surface area contributed by atoms with Crippen LogP contribution in [-0.2, 0) is 4.79 Å². The van der Waals surface area contributed by atoms with Gasteiger partial charge in [-0.1, -0.05) is 6.92 Å². The number of rotatable bonds is 6. The maximum Gasteiger partial charge on any atom is 0.323 e. The lowest BCUT2D eigenvalue weighted by atomic mass is 10.2. The average Bonchev–Trinajstić information content (AvgIpc) is 2.70. The van der Waals surface area contributed by atoms with Crippen molar-refractivity contribution < 1.29 is 14.7 Å². The number of aliphatic carboxylic acids is 1. The largest absolute Gasteiger partial charge is 0.480 e. The molecule has 1 fully saturated rings. The highest BCUT2D eigenvalue weighted by Crippen LogP contribution is 2.13. The van der Waals surface area contributed by atoms with E-state index in [1.54, 1.807) is 0 Å². The zero-order valence-corrected chi connectivity index (χ0v) is 11.2. The van der Waals surface area contributed by atoms with E-state index >= 15 is 0 Å². The van der Waals surface area contributed by atoms with E-state index in [4.69, 9.17) is 5.11 Å². The van der Waals surface area contributed by atoms with Gasteiger partial charge in [0, 0.05) is 19.1 Å². The summed E-state index contributed by atoms with van der Waals surface area (Å²) >= 11 is 0. The highest BCUT2D eigenvalue weighted by Gasteiger charge is 2.22. The van der Waals surface area contributed by atoms with Crippen LogP contribution in [0.15, 0.2) is 0 Å². The van der Waals surface area contributed by atoms with Crippen molar-refractivity contribution in [1.82, 2.24) is 15.1 Å². The number of likely N-dealkylation sites (N-methyl/N-ethyl adjacent to an activating group) is 1. The quantitative estimate of drug-likeness (QED) is 0.730. The molecule has 0 spiro atoms. The van der Waals surface area contributed by atoms with Crippen molar-refractivity contribution in [2.24, 2.45) is 0 Å². The topological polar surface area (TPSA) is 72.9 Å². The van der Waals surface area contributed by atoms with Gasteiger partial charge in [0.05, 0.1) is 0 Å². The van der Waals surface area contributed by atoms with Gasteiger partial charge in [-0.15, -0.1) is 0 Å². The number of hydrogen-bond donors (Lipinski definition) is 2. The Bertz CT molecular complexity index is 296. The van der Waals surface area contributed by atoms with E-state index in [0.29, 0.717) is 19.1 Å². The smallest absolute Gasteiger partial charge is 0.323 e. The van der Waals surface area contributed by atoms with Gasteiger partial charge in [0.2, 0.25) is 0 Å². The maximum atomic E-state index is 11.9. The van der Waals surface area contributed by atoms with Gasteiger partial charge in [0.25, 0.3) is 0 Å². The molecule has 6 nitrogen and oxygen atoms in total. The molecule has 0 saturated carbocycles. The van der Waals surface area contributed by atoms with Crippen LogP contribution < -0.4 is 5.32 Å². The summed E-state index contributed by atoms with van der Waals surface area (Å²) in [5, 5.41) is 11.6.